The van der Waals surface area contributed by atoms with E-state index >= 15 is 0 Å². The van der Waals surface area contributed by atoms with Crippen molar-refractivity contribution in [1.29, 1.82) is 0 Å². The molecule has 0 aliphatic rings. The van der Waals surface area contributed by atoms with E-state index in [4.69, 9.17) is 0 Å². The van der Waals surface area contributed by atoms with Crippen LogP contribution in [0.3, 0.4) is 0 Å². The summed E-state index contributed by atoms with van der Waals surface area (Å²) < 4.78 is 1.25. The summed E-state index contributed by atoms with van der Waals surface area (Å²) in [6.07, 6.45) is 40.9. The lowest BCUT2D eigenvalue weighted by Crippen LogP contribution is -3.00. The van der Waals surface area contributed by atoms with Crippen LogP contribution in [0.5, 0.6) is 0 Å². The molecule has 2 heteroatoms. The lowest BCUT2D eigenvalue weighted by molar-refractivity contribution is -0.890. The Morgan fingerprint density at radius 2 is 0.444 bits per heavy atom. The Balaban J connectivity index is 0. The third-order valence-electron chi connectivity index (χ3n) is 8.23. The lowest BCUT2D eigenvalue weighted by atomic mass is 10.0. The number of rotatable bonds is 30. The molecule has 36 heavy (non-hydrogen) atoms. The first-order valence-electron chi connectivity index (χ1n) is 16.9. The molecular formula is C34H72IN. The molecule has 0 fully saturated rings. The van der Waals surface area contributed by atoms with Crippen molar-refractivity contribution in [3.05, 3.63) is 0 Å². The first-order valence-corrected chi connectivity index (χ1v) is 16.9. The number of hydrogen-bond donors (Lipinski definition) is 0. The molecule has 0 saturated carbocycles. The molecule has 0 atom stereocenters. The Bertz CT molecular complexity index is 347. The minimum absolute atomic E-state index is 0. The largest absolute Gasteiger partial charge is 1.00 e. The van der Waals surface area contributed by atoms with Gasteiger partial charge in [-0.3, -0.25) is 0 Å². The standard InChI is InChI=1S/C34H72N.HI/c1-5-7-9-11-13-15-17-19-21-23-25-27-29-31-33-35(3,4)34-32-30-28-26-24-22-20-18-16-14-12-10-8-6-2;/h5-34H2,1-4H3;1H/q+1;/p-1. The molecule has 0 aliphatic carbocycles. The fourth-order valence-electron chi connectivity index (χ4n) is 5.58. The molecule has 220 valence electrons. The number of unbranched alkanes of at least 4 members (excludes halogenated alkanes) is 26. The van der Waals surface area contributed by atoms with Crippen LogP contribution in [0.2, 0.25) is 0 Å². The zero-order valence-electron chi connectivity index (χ0n) is 26.0. The van der Waals surface area contributed by atoms with E-state index in [9.17, 15) is 0 Å². The van der Waals surface area contributed by atoms with Gasteiger partial charge in [0.1, 0.15) is 0 Å². The van der Waals surface area contributed by atoms with Crippen LogP contribution in [0.15, 0.2) is 0 Å². The van der Waals surface area contributed by atoms with Gasteiger partial charge in [0.15, 0.2) is 0 Å². The van der Waals surface area contributed by atoms with Gasteiger partial charge in [0.25, 0.3) is 0 Å². The van der Waals surface area contributed by atoms with Gasteiger partial charge in [-0.15, -0.1) is 0 Å². The molecular weight excluding hydrogens is 549 g/mol. The Hall–Kier alpha value is 0.690. The van der Waals surface area contributed by atoms with Gasteiger partial charge >= 0.3 is 0 Å². The zero-order valence-corrected chi connectivity index (χ0v) is 28.2. The summed E-state index contributed by atoms with van der Waals surface area (Å²) in [7, 11) is 4.93. The monoisotopic (exact) mass is 621 g/mol. The molecule has 0 aromatic heterocycles. The van der Waals surface area contributed by atoms with Crippen LogP contribution in [0, 0.1) is 0 Å². The van der Waals surface area contributed by atoms with E-state index in [0.717, 1.165) is 0 Å². The summed E-state index contributed by atoms with van der Waals surface area (Å²) in [5.41, 5.74) is 0. The smallest absolute Gasteiger partial charge is 0.0782 e. The van der Waals surface area contributed by atoms with Crippen molar-refractivity contribution < 1.29 is 28.5 Å². The third-order valence-corrected chi connectivity index (χ3v) is 8.23. The van der Waals surface area contributed by atoms with E-state index in [0.29, 0.717) is 0 Å². The third kappa shape index (κ3) is 32.7. The van der Waals surface area contributed by atoms with Crippen LogP contribution in [-0.4, -0.2) is 31.7 Å². The molecule has 0 aromatic carbocycles. The van der Waals surface area contributed by atoms with Crippen LogP contribution in [0.4, 0.5) is 0 Å². The highest BCUT2D eigenvalue weighted by Crippen LogP contribution is 2.15. The highest BCUT2D eigenvalue weighted by Gasteiger charge is 2.13. The van der Waals surface area contributed by atoms with Crippen molar-refractivity contribution in [2.75, 3.05) is 27.2 Å². The van der Waals surface area contributed by atoms with Crippen molar-refractivity contribution in [3.8, 4) is 0 Å². The van der Waals surface area contributed by atoms with E-state index in [1.807, 2.05) is 0 Å². The van der Waals surface area contributed by atoms with E-state index in [2.05, 4.69) is 27.9 Å². The van der Waals surface area contributed by atoms with Gasteiger partial charge in [0, 0.05) is 0 Å². The van der Waals surface area contributed by atoms with Gasteiger partial charge in [-0.1, -0.05) is 168 Å². The van der Waals surface area contributed by atoms with Crippen molar-refractivity contribution in [2.45, 2.75) is 194 Å². The van der Waals surface area contributed by atoms with Gasteiger partial charge in [0.2, 0.25) is 0 Å². The van der Waals surface area contributed by atoms with Crippen LogP contribution in [0.1, 0.15) is 194 Å². The van der Waals surface area contributed by atoms with E-state index in [1.165, 1.54) is 197 Å². The second-order valence-corrected chi connectivity index (χ2v) is 12.6. The SMILES string of the molecule is CCCCCCCCCCCCCCCC[N+](C)(C)CCCCCCCCCCCCCCCC.[I-]. The van der Waals surface area contributed by atoms with Crippen LogP contribution in [0.25, 0.3) is 0 Å². The van der Waals surface area contributed by atoms with Gasteiger partial charge in [-0.25, -0.2) is 0 Å². The summed E-state index contributed by atoms with van der Waals surface area (Å²) in [5, 5.41) is 0. The predicted molar refractivity (Wildman–Crippen MR) is 162 cm³/mol. The Kier molecular flexibility index (Phi) is 34.4. The van der Waals surface area contributed by atoms with Gasteiger partial charge < -0.3 is 28.5 Å². The van der Waals surface area contributed by atoms with Crippen LogP contribution >= 0.6 is 0 Å². The normalized spacial score (nSPS) is 11.7. The van der Waals surface area contributed by atoms with E-state index in [1.54, 1.807) is 0 Å². The average Bonchev–Trinajstić information content (AvgIpc) is 2.84. The molecule has 0 amide bonds. The number of hydrogen-bond acceptors (Lipinski definition) is 0. The van der Waals surface area contributed by atoms with Crippen molar-refractivity contribution >= 4 is 0 Å². The topological polar surface area (TPSA) is 0 Å². The maximum Gasteiger partial charge on any atom is 0.0782 e. The summed E-state index contributed by atoms with van der Waals surface area (Å²) in [5.74, 6) is 0. The molecule has 1 nitrogen and oxygen atoms in total. The quantitative estimate of drug-likeness (QED) is 0.0427. The predicted octanol–water partition coefficient (Wildman–Crippen LogP) is 9.03. The molecule has 0 N–H and O–H groups in total. The summed E-state index contributed by atoms with van der Waals surface area (Å²) in [6.45, 7) is 7.38. The summed E-state index contributed by atoms with van der Waals surface area (Å²) in [6, 6.07) is 0. The van der Waals surface area contributed by atoms with Crippen LogP contribution < -0.4 is 24.0 Å². The second-order valence-electron chi connectivity index (χ2n) is 12.6. The molecule has 0 radical (unpaired) electrons. The molecule has 0 saturated heterocycles. The Morgan fingerprint density at radius 1 is 0.278 bits per heavy atom. The maximum absolute atomic E-state index is 2.46. The molecule has 0 heterocycles. The van der Waals surface area contributed by atoms with Crippen molar-refractivity contribution in [3.63, 3.8) is 0 Å². The fourth-order valence-corrected chi connectivity index (χ4v) is 5.58. The average molecular weight is 622 g/mol. The van der Waals surface area contributed by atoms with Gasteiger partial charge in [0.05, 0.1) is 27.2 Å². The van der Waals surface area contributed by atoms with E-state index < -0.39 is 0 Å². The number of nitrogens with zero attached hydrogens (tertiary/aromatic N) is 1. The molecule has 0 aromatic rings. The van der Waals surface area contributed by atoms with Gasteiger partial charge in [-0.2, -0.15) is 0 Å². The Labute approximate surface area is 248 Å². The molecule has 0 spiro atoms. The minimum Gasteiger partial charge on any atom is -1.00 e. The fraction of sp³-hybridized carbons (Fsp3) is 1.00. The molecule has 0 rings (SSSR count). The molecule has 0 aliphatic heterocycles. The highest BCUT2D eigenvalue weighted by molar-refractivity contribution is 4.51. The first-order chi connectivity index (χ1) is 17.1. The highest BCUT2D eigenvalue weighted by atomic mass is 127. The lowest BCUT2D eigenvalue weighted by Gasteiger charge is -2.30. The summed E-state index contributed by atoms with van der Waals surface area (Å²) >= 11 is 0. The van der Waals surface area contributed by atoms with Gasteiger partial charge in [-0.05, 0) is 25.7 Å². The van der Waals surface area contributed by atoms with Crippen molar-refractivity contribution in [1.82, 2.24) is 0 Å². The van der Waals surface area contributed by atoms with Crippen LogP contribution in [-0.2, 0) is 0 Å². The maximum atomic E-state index is 2.46. The molecule has 0 bridgehead atoms. The first kappa shape index (κ1) is 38.8. The Morgan fingerprint density at radius 3 is 0.639 bits per heavy atom. The summed E-state index contributed by atoms with van der Waals surface area (Å²) in [4.78, 5) is 0. The van der Waals surface area contributed by atoms with Crippen molar-refractivity contribution in [2.24, 2.45) is 0 Å². The minimum atomic E-state index is 0. The zero-order chi connectivity index (χ0) is 25.7. The number of halogens is 1. The second kappa shape index (κ2) is 31.9. The number of quaternary nitrogens is 1. The molecule has 0 unspecified atom stereocenters. The van der Waals surface area contributed by atoms with E-state index in [-0.39, 0.29) is 24.0 Å².